The van der Waals surface area contributed by atoms with Crippen molar-refractivity contribution in [2.75, 3.05) is 31.7 Å². The SMILES string of the molecule is CN(CC1CCOCC1)c1ccc(C(=O)O)cc1. The lowest BCUT2D eigenvalue weighted by atomic mass is 9.99. The van der Waals surface area contributed by atoms with Crippen LogP contribution in [0, 0.1) is 5.92 Å². The van der Waals surface area contributed by atoms with E-state index in [9.17, 15) is 4.79 Å². The van der Waals surface area contributed by atoms with Crippen molar-refractivity contribution < 1.29 is 14.6 Å². The van der Waals surface area contributed by atoms with Gasteiger partial charge in [-0.25, -0.2) is 4.79 Å². The van der Waals surface area contributed by atoms with Crippen molar-refractivity contribution in [1.82, 2.24) is 0 Å². The number of benzene rings is 1. The van der Waals surface area contributed by atoms with E-state index >= 15 is 0 Å². The van der Waals surface area contributed by atoms with E-state index in [0.29, 0.717) is 11.5 Å². The summed E-state index contributed by atoms with van der Waals surface area (Å²) in [7, 11) is 2.05. The Kier molecular flexibility index (Phi) is 4.20. The van der Waals surface area contributed by atoms with Crippen LogP contribution in [0.2, 0.25) is 0 Å². The Morgan fingerprint density at radius 1 is 1.33 bits per heavy atom. The lowest BCUT2D eigenvalue weighted by molar-refractivity contribution is 0.0683. The molecule has 4 nitrogen and oxygen atoms in total. The highest BCUT2D eigenvalue weighted by Gasteiger charge is 2.16. The van der Waals surface area contributed by atoms with E-state index in [-0.39, 0.29) is 0 Å². The van der Waals surface area contributed by atoms with Gasteiger partial charge in [-0.2, -0.15) is 0 Å². The second-order valence-corrected chi connectivity index (χ2v) is 4.79. The minimum absolute atomic E-state index is 0.332. The van der Waals surface area contributed by atoms with Crippen molar-refractivity contribution in [3.05, 3.63) is 29.8 Å². The molecule has 18 heavy (non-hydrogen) atoms. The quantitative estimate of drug-likeness (QED) is 0.889. The van der Waals surface area contributed by atoms with E-state index in [4.69, 9.17) is 9.84 Å². The number of hydrogen-bond acceptors (Lipinski definition) is 3. The highest BCUT2D eigenvalue weighted by Crippen LogP contribution is 2.20. The predicted octanol–water partition coefficient (Wildman–Crippen LogP) is 2.25. The second-order valence-electron chi connectivity index (χ2n) is 4.79. The van der Waals surface area contributed by atoms with Crippen LogP contribution in [-0.4, -0.2) is 37.9 Å². The standard InChI is InChI=1S/C14H19NO3/c1-15(10-11-6-8-18-9-7-11)13-4-2-12(3-5-13)14(16)17/h2-5,11H,6-10H2,1H3,(H,16,17). The van der Waals surface area contributed by atoms with Gasteiger partial charge in [-0.15, -0.1) is 0 Å². The number of hydrogen-bond donors (Lipinski definition) is 1. The maximum absolute atomic E-state index is 10.8. The molecule has 0 radical (unpaired) electrons. The van der Waals surface area contributed by atoms with Gasteiger partial charge in [0.15, 0.2) is 0 Å². The number of carboxylic acid groups (broad SMARTS) is 1. The Morgan fingerprint density at radius 3 is 2.50 bits per heavy atom. The summed E-state index contributed by atoms with van der Waals surface area (Å²) in [6.07, 6.45) is 2.22. The Hall–Kier alpha value is -1.55. The third-order valence-electron chi connectivity index (χ3n) is 3.43. The molecule has 0 unspecified atom stereocenters. The molecule has 4 heteroatoms. The van der Waals surface area contributed by atoms with Gasteiger partial charge in [-0.05, 0) is 43.0 Å². The number of carbonyl (C=O) groups is 1. The Labute approximate surface area is 107 Å². The number of aromatic carboxylic acids is 1. The van der Waals surface area contributed by atoms with Crippen molar-refractivity contribution in [3.63, 3.8) is 0 Å². The van der Waals surface area contributed by atoms with Crippen LogP contribution < -0.4 is 4.90 Å². The van der Waals surface area contributed by atoms with Crippen molar-refractivity contribution >= 4 is 11.7 Å². The molecule has 0 spiro atoms. The molecule has 2 rings (SSSR count). The highest BCUT2D eigenvalue weighted by atomic mass is 16.5. The Morgan fingerprint density at radius 2 is 1.94 bits per heavy atom. The molecule has 98 valence electrons. The zero-order valence-corrected chi connectivity index (χ0v) is 10.6. The molecule has 1 aromatic carbocycles. The second kappa shape index (κ2) is 5.87. The van der Waals surface area contributed by atoms with Gasteiger partial charge in [0.25, 0.3) is 0 Å². The van der Waals surface area contributed by atoms with Gasteiger partial charge in [0.1, 0.15) is 0 Å². The molecule has 0 aliphatic carbocycles. The van der Waals surface area contributed by atoms with Gasteiger partial charge in [-0.3, -0.25) is 0 Å². The van der Waals surface area contributed by atoms with E-state index in [1.54, 1.807) is 12.1 Å². The van der Waals surface area contributed by atoms with E-state index < -0.39 is 5.97 Å². The van der Waals surface area contributed by atoms with Crippen LogP contribution in [0.1, 0.15) is 23.2 Å². The molecule has 1 aliphatic rings. The third kappa shape index (κ3) is 3.23. The normalized spacial score (nSPS) is 16.5. The first-order chi connectivity index (χ1) is 8.66. The topological polar surface area (TPSA) is 49.8 Å². The number of carboxylic acids is 1. The van der Waals surface area contributed by atoms with E-state index in [2.05, 4.69) is 4.90 Å². The molecule has 1 saturated heterocycles. The molecule has 1 heterocycles. The highest BCUT2D eigenvalue weighted by molar-refractivity contribution is 5.88. The average molecular weight is 249 g/mol. The van der Waals surface area contributed by atoms with Crippen LogP contribution in [0.15, 0.2) is 24.3 Å². The largest absolute Gasteiger partial charge is 0.478 e. The fraction of sp³-hybridized carbons (Fsp3) is 0.500. The molecule has 0 saturated carbocycles. The number of nitrogens with zero attached hydrogens (tertiary/aromatic N) is 1. The summed E-state index contributed by atoms with van der Waals surface area (Å²) in [5.74, 6) is -0.212. The van der Waals surface area contributed by atoms with Crippen LogP contribution in [-0.2, 0) is 4.74 Å². The van der Waals surface area contributed by atoms with Gasteiger partial charge in [0.05, 0.1) is 5.56 Å². The van der Waals surface area contributed by atoms with Gasteiger partial charge in [-0.1, -0.05) is 0 Å². The first kappa shape index (κ1) is 12.9. The molecule has 0 atom stereocenters. The maximum Gasteiger partial charge on any atom is 0.335 e. The predicted molar refractivity (Wildman–Crippen MR) is 70.2 cm³/mol. The average Bonchev–Trinajstić information content (AvgIpc) is 2.40. The fourth-order valence-corrected chi connectivity index (χ4v) is 2.28. The Bertz CT molecular complexity index is 396. The molecule has 1 N–H and O–H groups in total. The summed E-state index contributed by atoms with van der Waals surface area (Å²) >= 11 is 0. The minimum atomic E-state index is -0.881. The van der Waals surface area contributed by atoms with Crippen molar-refractivity contribution in [1.29, 1.82) is 0 Å². The first-order valence-electron chi connectivity index (χ1n) is 6.29. The molecule has 0 bridgehead atoms. The number of anilines is 1. The fourth-order valence-electron chi connectivity index (χ4n) is 2.28. The Balaban J connectivity index is 1.95. The lowest BCUT2D eigenvalue weighted by Crippen LogP contribution is -2.29. The third-order valence-corrected chi connectivity index (χ3v) is 3.43. The summed E-state index contributed by atoms with van der Waals surface area (Å²) in [5.41, 5.74) is 1.39. The van der Waals surface area contributed by atoms with Crippen LogP contribution >= 0.6 is 0 Å². The van der Waals surface area contributed by atoms with Crippen molar-refractivity contribution in [2.45, 2.75) is 12.8 Å². The maximum atomic E-state index is 10.8. The van der Waals surface area contributed by atoms with E-state index in [1.165, 1.54) is 0 Å². The van der Waals surface area contributed by atoms with Crippen LogP contribution in [0.25, 0.3) is 0 Å². The summed E-state index contributed by atoms with van der Waals surface area (Å²) in [4.78, 5) is 13.0. The van der Waals surface area contributed by atoms with Gasteiger partial charge < -0.3 is 14.7 Å². The van der Waals surface area contributed by atoms with E-state index in [0.717, 1.165) is 38.3 Å². The number of rotatable bonds is 4. The zero-order chi connectivity index (χ0) is 13.0. The summed E-state index contributed by atoms with van der Waals surface area (Å²) < 4.78 is 5.35. The van der Waals surface area contributed by atoms with Gasteiger partial charge >= 0.3 is 5.97 Å². The van der Waals surface area contributed by atoms with Gasteiger partial charge in [0.2, 0.25) is 0 Å². The lowest BCUT2D eigenvalue weighted by Gasteiger charge is -2.28. The van der Waals surface area contributed by atoms with Crippen LogP contribution in [0.4, 0.5) is 5.69 Å². The minimum Gasteiger partial charge on any atom is -0.478 e. The van der Waals surface area contributed by atoms with Crippen molar-refractivity contribution in [3.8, 4) is 0 Å². The first-order valence-corrected chi connectivity index (χ1v) is 6.29. The molecule has 1 aliphatic heterocycles. The molecule has 1 aromatic rings. The monoisotopic (exact) mass is 249 g/mol. The summed E-state index contributed by atoms with van der Waals surface area (Å²) in [6.45, 7) is 2.71. The summed E-state index contributed by atoms with van der Waals surface area (Å²) in [6, 6.07) is 7.03. The van der Waals surface area contributed by atoms with E-state index in [1.807, 2.05) is 19.2 Å². The molecular weight excluding hydrogens is 230 g/mol. The number of ether oxygens (including phenoxy) is 1. The molecular formula is C14H19NO3. The molecule has 0 aromatic heterocycles. The van der Waals surface area contributed by atoms with Gasteiger partial charge in [0, 0.05) is 32.5 Å². The zero-order valence-electron chi connectivity index (χ0n) is 10.6. The molecule has 0 amide bonds. The van der Waals surface area contributed by atoms with Crippen LogP contribution in [0.5, 0.6) is 0 Å². The summed E-state index contributed by atoms with van der Waals surface area (Å²) in [5, 5.41) is 8.85. The van der Waals surface area contributed by atoms with Crippen molar-refractivity contribution in [2.24, 2.45) is 5.92 Å². The van der Waals surface area contributed by atoms with Crippen LogP contribution in [0.3, 0.4) is 0 Å². The molecule has 1 fully saturated rings. The smallest absolute Gasteiger partial charge is 0.335 e.